The van der Waals surface area contributed by atoms with Crippen LogP contribution in [0.2, 0.25) is 0 Å². The number of ether oxygens (including phenoxy) is 1. The standard InChI is InChI=1S/C28H28N2O3/c1-32-25-10-5-8-22(17-25)21-7-4-9-24(16-21)29-28(31)20-12-14-30(15-13-20)19-26-18-23-6-2-3-11-27(23)33-26/h2-11,16-18,20H,12-15,19H2,1H3,(H,29,31). The van der Waals surface area contributed by atoms with Gasteiger partial charge < -0.3 is 14.5 Å². The Kier molecular flexibility index (Phi) is 6.13. The zero-order valence-corrected chi connectivity index (χ0v) is 18.8. The van der Waals surface area contributed by atoms with Gasteiger partial charge in [-0.05, 0) is 73.5 Å². The predicted molar refractivity (Wildman–Crippen MR) is 131 cm³/mol. The smallest absolute Gasteiger partial charge is 0.227 e. The Morgan fingerprint density at radius 3 is 2.52 bits per heavy atom. The Morgan fingerprint density at radius 2 is 1.73 bits per heavy atom. The normalized spacial score (nSPS) is 14.9. The molecule has 1 saturated heterocycles. The molecule has 0 radical (unpaired) electrons. The van der Waals surface area contributed by atoms with E-state index in [1.54, 1.807) is 7.11 Å². The number of hydrogen-bond acceptors (Lipinski definition) is 4. The zero-order valence-electron chi connectivity index (χ0n) is 18.8. The molecule has 1 aliphatic heterocycles. The maximum absolute atomic E-state index is 12.9. The predicted octanol–water partition coefficient (Wildman–Crippen LogP) is 5.96. The highest BCUT2D eigenvalue weighted by molar-refractivity contribution is 5.93. The van der Waals surface area contributed by atoms with Gasteiger partial charge in [0.25, 0.3) is 0 Å². The Labute approximate surface area is 194 Å². The number of carbonyl (C=O) groups excluding carboxylic acids is 1. The summed E-state index contributed by atoms with van der Waals surface area (Å²) in [5.74, 6) is 1.92. The van der Waals surface area contributed by atoms with Gasteiger partial charge in [0, 0.05) is 17.0 Å². The van der Waals surface area contributed by atoms with Crippen LogP contribution in [0.1, 0.15) is 18.6 Å². The van der Waals surface area contributed by atoms with E-state index < -0.39 is 0 Å². The molecule has 5 rings (SSSR count). The van der Waals surface area contributed by atoms with Crippen LogP contribution >= 0.6 is 0 Å². The molecule has 0 aliphatic carbocycles. The number of furan rings is 1. The Morgan fingerprint density at radius 1 is 0.970 bits per heavy atom. The first kappa shape index (κ1) is 21.3. The fourth-order valence-electron chi connectivity index (χ4n) is 4.51. The molecule has 4 aromatic rings. The van der Waals surface area contributed by atoms with Gasteiger partial charge in [0.15, 0.2) is 0 Å². The number of hydrogen-bond donors (Lipinski definition) is 1. The number of nitrogens with zero attached hydrogens (tertiary/aromatic N) is 1. The zero-order chi connectivity index (χ0) is 22.6. The van der Waals surface area contributed by atoms with Crippen LogP contribution in [0.15, 0.2) is 83.3 Å². The van der Waals surface area contributed by atoms with Gasteiger partial charge in [-0.2, -0.15) is 0 Å². The van der Waals surface area contributed by atoms with Crippen molar-refractivity contribution < 1.29 is 13.9 Å². The summed E-state index contributed by atoms with van der Waals surface area (Å²) < 4.78 is 11.3. The number of methoxy groups -OCH3 is 1. The number of fused-ring (bicyclic) bond motifs is 1. The second kappa shape index (κ2) is 9.51. The van der Waals surface area contributed by atoms with Gasteiger partial charge in [0.1, 0.15) is 17.1 Å². The molecule has 0 unspecified atom stereocenters. The number of nitrogens with one attached hydrogen (secondary N) is 1. The van der Waals surface area contributed by atoms with E-state index in [0.29, 0.717) is 0 Å². The maximum Gasteiger partial charge on any atom is 0.227 e. The summed E-state index contributed by atoms with van der Waals surface area (Å²) in [5.41, 5.74) is 3.86. The fourth-order valence-corrected chi connectivity index (χ4v) is 4.51. The molecule has 0 bridgehead atoms. The minimum absolute atomic E-state index is 0.0254. The lowest BCUT2D eigenvalue weighted by Crippen LogP contribution is -2.37. The van der Waals surface area contributed by atoms with Gasteiger partial charge in [-0.15, -0.1) is 0 Å². The number of anilines is 1. The van der Waals surface area contributed by atoms with Crippen LogP contribution in [0.25, 0.3) is 22.1 Å². The third-order valence-corrected chi connectivity index (χ3v) is 6.35. The maximum atomic E-state index is 12.9. The summed E-state index contributed by atoms with van der Waals surface area (Å²) >= 11 is 0. The van der Waals surface area contributed by atoms with Crippen molar-refractivity contribution in [3.05, 3.63) is 84.6 Å². The lowest BCUT2D eigenvalue weighted by atomic mass is 9.95. The second-order valence-corrected chi connectivity index (χ2v) is 8.60. The first-order chi connectivity index (χ1) is 16.2. The first-order valence-corrected chi connectivity index (χ1v) is 11.4. The molecule has 1 aromatic heterocycles. The van der Waals surface area contributed by atoms with Crippen molar-refractivity contribution in [3.8, 4) is 16.9 Å². The molecule has 1 N–H and O–H groups in total. The molecule has 168 valence electrons. The molecule has 0 spiro atoms. The van der Waals surface area contributed by atoms with Gasteiger partial charge in [-0.25, -0.2) is 0 Å². The Balaban J connectivity index is 1.17. The van der Waals surface area contributed by atoms with E-state index in [2.05, 4.69) is 22.3 Å². The van der Waals surface area contributed by atoms with Crippen molar-refractivity contribution in [2.45, 2.75) is 19.4 Å². The molecular weight excluding hydrogens is 412 g/mol. The van der Waals surface area contributed by atoms with Crippen molar-refractivity contribution in [3.63, 3.8) is 0 Å². The van der Waals surface area contributed by atoms with Gasteiger partial charge in [-0.3, -0.25) is 9.69 Å². The average Bonchev–Trinajstić information content (AvgIpc) is 3.27. The quantitative estimate of drug-likeness (QED) is 0.402. The summed E-state index contributed by atoms with van der Waals surface area (Å²) in [4.78, 5) is 15.3. The molecule has 2 heterocycles. The highest BCUT2D eigenvalue weighted by Gasteiger charge is 2.25. The fraction of sp³-hybridized carbons (Fsp3) is 0.250. The molecule has 5 heteroatoms. The first-order valence-electron chi connectivity index (χ1n) is 11.4. The van der Waals surface area contributed by atoms with Crippen LogP contribution in [0.4, 0.5) is 5.69 Å². The van der Waals surface area contributed by atoms with E-state index in [0.717, 1.165) is 71.8 Å². The lowest BCUT2D eigenvalue weighted by molar-refractivity contribution is -0.121. The highest BCUT2D eigenvalue weighted by atomic mass is 16.5. The van der Waals surface area contributed by atoms with Crippen LogP contribution in [0.3, 0.4) is 0 Å². The summed E-state index contributed by atoms with van der Waals surface area (Å²) in [7, 11) is 1.66. The third-order valence-electron chi connectivity index (χ3n) is 6.35. The minimum Gasteiger partial charge on any atom is -0.497 e. The van der Waals surface area contributed by atoms with Crippen LogP contribution in [0, 0.1) is 5.92 Å². The van der Waals surface area contributed by atoms with E-state index in [1.807, 2.05) is 66.7 Å². The number of carbonyl (C=O) groups is 1. The lowest BCUT2D eigenvalue weighted by Gasteiger charge is -2.30. The van der Waals surface area contributed by atoms with Crippen molar-refractivity contribution in [2.24, 2.45) is 5.92 Å². The van der Waals surface area contributed by atoms with Crippen LogP contribution in [-0.2, 0) is 11.3 Å². The largest absolute Gasteiger partial charge is 0.497 e. The Bertz CT molecular complexity index is 1220. The van der Waals surface area contributed by atoms with E-state index in [1.165, 1.54) is 0 Å². The highest BCUT2D eigenvalue weighted by Crippen LogP contribution is 2.27. The second-order valence-electron chi connectivity index (χ2n) is 8.60. The van der Waals surface area contributed by atoms with Crippen LogP contribution < -0.4 is 10.1 Å². The van der Waals surface area contributed by atoms with Crippen LogP contribution in [0.5, 0.6) is 5.75 Å². The van der Waals surface area contributed by atoms with Gasteiger partial charge in [0.05, 0.1) is 13.7 Å². The van der Waals surface area contributed by atoms with Crippen molar-refractivity contribution in [2.75, 3.05) is 25.5 Å². The van der Waals surface area contributed by atoms with E-state index >= 15 is 0 Å². The number of benzene rings is 3. The number of rotatable bonds is 6. The molecule has 1 amide bonds. The Hall–Kier alpha value is -3.57. The van der Waals surface area contributed by atoms with Gasteiger partial charge in [0.2, 0.25) is 5.91 Å². The molecule has 1 aliphatic rings. The minimum atomic E-state index is 0.0254. The summed E-state index contributed by atoms with van der Waals surface area (Å²) in [5, 5.41) is 4.26. The molecule has 0 saturated carbocycles. The summed E-state index contributed by atoms with van der Waals surface area (Å²) in [6, 6.07) is 26.1. The summed E-state index contributed by atoms with van der Waals surface area (Å²) in [6.45, 7) is 2.56. The van der Waals surface area contributed by atoms with Crippen molar-refractivity contribution >= 4 is 22.6 Å². The molecule has 5 nitrogen and oxygen atoms in total. The monoisotopic (exact) mass is 440 g/mol. The summed E-state index contributed by atoms with van der Waals surface area (Å²) in [6.07, 6.45) is 1.70. The molecular formula is C28H28N2O3. The number of para-hydroxylation sites is 1. The molecule has 3 aromatic carbocycles. The van der Waals surface area contributed by atoms with E-state index in [4.69, 9.17) is 9.15 Å². The third kappa shape index (κ3) is 4.94. The van der Waals surface area contributed by atoms with Crippen molar-refractivity contribution in [1.82, 2.24) is 4.90 Å². The van der Waals surface area contributed by atoms with Crippen LogP contribution in [-0.4, -0.2) is 31.0 Å². The SMILES string of the molecule is COc1cccc(-c2cccc(NC(=O)C3CCN(Cc4cc5ccccc5o4)CC3)c2)c1. The van der Waals surface area contributed by atoms with E-state index in [-0.39, 0.29) is 11.8 Å². The molecule has 33 heavy (non-hydrogen) atoms. The number of amides is 1. The topological polar surface area (TPSA) is 54.7 Å². The van der Waals surface area contributed by atoms with Crippen molar-refractivity contribution in [1.29, 1.82) is 0 Å². The molecule has 1 fully saturated rings. The molecule has 0 atom stereocenters. The average molecular weight is 441 g/mol. The number of likely N-dealkylation sites (tertiary alicyclic amines) is 1. The number of piperidine rings is 1. The van der Waals surface area contributed by atoms with E-state index in [9.17, 15) is 4.79 Å². The van der Waals surface area contributed by atoms with Gasteiger partial charge >= 0.3 is 0 Å². The van der Waals surface area contributed by atoms with Gasteiger partial charge in [-0.1, -0.05) is 42.5 Å².